The minimum absolute atomic E-state index is 0.161. The van der Waals surface area contributed by atoms with Gasteiger partial charge in [-0.3, -0.25) is 9.47 Å². The topological polar surface area (TPSA) is 27.7 Å². The fraction of sp³-hybridized carbons (Fsp3) is 0.636. The van der Waals surface area contributed by atoms with Crippen LogP contribution in [0.1, 0.15) is 6.42 Å². The Kier molecular flexibility index (Phi) is 5.57. The second-order valence-electron chi connectivity index (χ2n) is 3.98. The Morgan fingerprint density at radius 1 is 1.14 bits per heavy atom. The summed E-state index contributed by atoms with van der Waals surface area (Å²) in [5.74, 6) is -5.01. The highest BCUT2D eigenvalue weighted by Gasteiger charge is 2.56. The first-order chi connectivity index (χ1) is 9.53. The molecule has 3 nitrogen and oxygen atoms in total. The molecule has 0 fully saturated rings. The molecular formula is C11H11ClF6O3. The third-order valence-corrected chi connectivity index (χ3v) is 2.82. The minimum atomic E-state index is -5.35. The molecule has 0 radical (unpaired) electrons. The predicted octanol–water partition coefficient (Wildman–Crippen LogP) is 4.10. The van der Waals surface area contributed by atoms with Crippen LogP contribution in [0.4, 0.5) is 26.3 Å². The van der Waals surface area contributed by atoms with E-state index in [9.17, 15) is 26.3 Å². The van der Waals surface area contributed by atoms with Gasteiger partial charge in [-0.05, 0) is 18.6 Å². The third kappa shape index (κ3) is 5.08. The number of alkyl halides is 7. The maximum Gasteiger partial charge on any atom is 0.525 e. The number of allylic oxidation sites excluding steroid dienone is 2. The number of hydrogen-bond donors (Lipinski definition) is 0. The number of methoxy groups -OCH3 is 1. The number of rotatable bonds is 5. The van der Waals surface area contributed by atoms with Gasteiger partial charge in [0, 0.05) is 5.88 Å². The summed E-state index contributed by atoms with van der Waals surface area (Å²) < 4.78 is 87.1. The first-order valence-electron chi connectivity index (χ1n) is 5.56. The van der Waals surface area contributed by atoms with Gasteiger partial charge in [-0.2, -0.15) is 0 Å². The van der Waals surface area contributed by atoms with Crippen molar-refractivity contribution < 1.29 is 40.6 Å². The molecule has 0 heterocycles. The maximum atomic E-state index is 12.5. The van der Waals surface area contributed by atoms with Crippen molar-refractivity contribution in [1.29, 1.82) is 0 Å². The SMILES string of the molecule is COC1=CC=CC(OC(F)(F)F)(OC(F)(F)F)C1CCCl. The highest BCUT2D eigenvalue weighted by atomic mass is 35.5. The lowest BCUT2D eigenvalue weighted by Crippen LogP contribution is -2.50. The zero-order valence-corrected chi connectivity index (χ0v) is 11.4. The summed E-state index contributed by atoms with van der Waals surface area (Å²) >= 11 is 5.45. The second kappa shape index (κ2) is 6.45. The quantitative estimate of drug-likeness (QED) is 0.428. The van der Waals surface area contributed by atoms with Crippen molar-refractivity contribution in [2.45, 2.75) is 24.9 Å². The van der Waals surface area contributed by atoms with Crippen LogP contribution in [-0.2, 0) is 14.2 Å². The molecule has 21 heavy (non-hydrogen) atoms. The van der Waals surface area contributed by atoms with E-state index in [4.69, 9.17) is 16.3 Å². The smallest absolute Gasteiger partial charge is 0.501 e. The van der Waals surface area contributed by atoms with Crippen molar-refractivity contribution in [1.82, 2.24) is 0 Å². The van der Waals surface area contributed by atoms with Crippen LogP contribution in [0.5, 0.6) is 0 Å². The van der Waals surface area contributed by atoms with Crippen LogP contribution < -0.4 is 0 Å². The van der Waals surface area contributed by atoms with Crippen LogP contribution in [0.15, 0.2) is 24.0 Å². The van der Waals surface area contributed by atoms with Crippen LogP contribution in [0.2, 0.25) is 0 Å². The molecule has 0 saturated carbocycles. The van der Waals surface area contributed by atoms with Crippen LogP contribution in [0.3, 0.4) is 0 Å². The highest BCUT2D eigenvalue weighted by Crippen LogP contribution is 2.44. The lowest BCUT2D eigenvalue weighted by molar-refractivity contribution is -0.474. The van der Waals surface area contributed by atoms with Crippen molar-refractivity contribution in [3.63, 3.8) is 0 Å². The number of hydrogen-bond acceptors (Lipinski definition) is 3. The highest BCUT2D eigenvalue weighted by molar-refractivity contribution is 6.17. The van der Waals surface area contributed by atoms with E-state index in [2.05, 4.69) is 9.47 Å². The van der Waals surface area contributed by atoms with E-state index in [0.29, 0.717) is 6.08 Å². The van der Waals surface area contributed by atoms with Crippen LogP contribution in [0.25, 0.3) is 0 Å². The average Bonchev–Trinajstić information content (AvgIpc) is 2.27. The van der Waals surface area contributed by atoms with Crippen molar-refractivity contribution in [2.24, 2.45) is 5.92 Å². The fourth-order valence-corrected chi connectivity index (χ4v) is 2.18. The van der Waals surface area contributed by atoms with Gasteiger partial charge < -0.3 is 4.74 Å². The van der Waals surface area contributed by atoms with Crippen molar-refractivity contribution in [2.75, 3.05) is 13.0 Å². The molecule has 0 aromatic rings. The normalized spacial score (nSPS) is 22.1. The monoisotopic (exact) mass is 340 g/mol. The van der Waals surface area contributed by atoms with E-state index >= 15 is 0 Å². The Hall–Kier alpha value is -0.930. The lowest BCUT2D eigenvalue weighted by atomic mass is 9.89. The van der Waals surface area contributed by atoms with Gasteiger partial charge in [-0.1, -0.05) is 6.08 Å². The molecular weight excluding hydrogens is 330 g/mol. The molecule has 1 unspecified atom stereocenters. The summed E-state index contributed by atoms with van der Waals surface area (Å²) in [6, 6.07) is 0. The van der Waals surface area contributed by atoms with Crippen molar-refractivity contribution in [3.05, 3.63) is 24.0 Å². The molecule has 1 aliphatic rings. The first-order valence-corrected chi connectivity index (χ1v) is 6.09. The second-order valence-corrected chi connectivity index (χ2v) is 4.36. The molecule has 122 valence electrons. The van der Waals surface area contributed by atoms with Gasteiger partial charge in [0.05, 0.1) is 13.0 Å². The van der Waals surface area contributed by atoms with Gasteiger partial charge in [0.2, 0.25) is 5.79 Å². The Morgan fingerprint density at radius 3 is 2.05 bits per heavy atom. The molecule has 0 spiro atoms. The minimum Gasteiger partial charge on any atom is -0.501 e. The molecule has 1 aliphatic carbocycles. The summed E-state index contributed by atoms with van der Waals surface area (Å²) in [4.78, 5) is 0. The summed E-state index contributed by atoms with van der Waals surface area (Å²) in [7, 11) is 1.11. The molecule has 0 N–H and O–H groups in total. The molecule has 0 aromatic heterocycles. The van der Waals surface area contributed by atoms with E-state index in [-0.39, 0.29) is 18.1 Å². The van der Waals surface area contributed by atoms with Gasteiger partial charge in [-0.15, -0.1) is 37.9 Å². The Balaban J connectivity index is 3.25. The summed E-state index contributed by atoms with van der Waals surface area (Å²) in [6.07, 6.45) is -8.30. The summed E-state index contributed by atoms with van der Waals surface area (Å²) in [6.45, 7) is 0. The Morgan fingerprint density at radius 2 is 1.67 bits per heavy atom. The summed E-state index contributed by atoms with van der Waals surface area (Å²) in [5.41, 5.74) is 0. The first kappa shape index (κ1) is 18.1. The molecule has 0 bridgehead atoms. The Labute approximate surface area is 121 Å². The maximum absolute atomic E-state index is 12.5. The van der Waals surface area contributed by atoms with Crippen molar-refractivity contribution in [3.8, 4) is 0 Å². The van der Waals surface area contributed by atoms with E-state index in [1.54, 1.807) is 0 Å². The third-order valence-electron chi connectivity index (χ3n) is 2.60. The zero-order chi connectivity index (χ0) is 16.3. The van der Waals surface area contributed by atoms with Crippen molar-refractivity contribution >= 4 is 11.6 Å². The molecule has 10 heteroatoms. The van der Waals surface area contributed by atoms with Gasteiger partial charge >= 0.3 is 12.7 Å². The van der Waals surface area contributed by atoms with E-state index in [1.807, 2.05) is 0 Å². The largest absolute Gasteiger partial charge is 0.525 e. The molecule has 0 aliphatic heterocycles. The van der Waals surface area contributed by atoms with E-state index in [1.165, 1.54) is 6.08 Å². The Bertz CT molecular complexity index is 399. The van der Waals surface area contributed by atoms with E-state index < -0.39 is 24.4 Å². The van der Waals surface area contributed by atoms with Gasteiger partial charge in [0.25, 0.3) is 0 Å². The number of ether oxygens (including phenoxy) is 3. The summed E-state index contributed by atoms with van der Waals surface area (Å²) in [5, 5.41) is 0. The molecule has 0 amide bonds. The van der Waals surface area contributed by atoms with Gasteiger partial charge in [0.15, 0.2) is 0 Å². The molecule has 1 rings (SSSR count). The lowest BCUT2D eigenvalue weighted by Gasteiger charge is -2.40. The molecule has 1 atom stereocenters. The standard InChI is InChI=1S/C11H11ClF6O3/c1-19-8-3-2-5-9(7(8)4-6-12,20-10(13,14)15)21-11(16,17)18/h2-3,5,7H,4,6H2,1H3. The van der Waals surface area contributed by atoms with Crippen LogP contribution in [0, 0.1) is 5.92 Å². The fourth-order valence-electron chi connectivity index (χ4n) is 1.96. The van der Waals surface area contributed by atoms with E-state index in [0.717, 1.165) is 13.2 Å². The zero-order valence-electron chi connectivity index (χ0n) is 10.6. The van der Waals surface area contributed by atoms with Crippen LogP contribution >= 0.6 is 11.6 Å². The molecule has 0 saturated heterocycles. The number of halogens is 7. The predicted molar refractivity (Wildman–Crippen MR) is 60.1 cm³/mol. The molecule has 0 aromatic carbocycles. The van der Waals surface area contributed by atoms with Gasteiger partial charge in [-0.25, -0.2) is 0 Å². The van der Waals surface area contributed by atoms with Gasteiger partial charge in [0.1, 0.15) is 5.76 Å². The average molecular weight is 341 g/mol. The van der Waals surface area contributed by atoms with Crippen LogP contribution in [-0.4, -0.2) is 31.5 Å².